The molecule has 3 aromatic carbocycles. The summed E-state index contributed by atoms with van der Waals surface area (Å²) in [4.78, 5) is 19.7. The molecule has 5 rings (SSSR count). The lowest BCUT2D eigenvalue weighted by atomic mass is 10.1. The summed E-state index contributed by atoms with van der Waals surface area (Å²) in [5, 5.41) is 0. The van der Waals surface area contributed by atoms with E-state index >= 15 is 0 Å². The van der Waals surface area contributed by atoms with Gasteiger partial charge >= 0.3 is 0 Å². The number of imidazole rings is 1. The van der Waals surface area contributed by atoms with Gasteiger partial charge in [-0.1, -0.05) is 58.4 Å². The minimum atomic E-state index is 0.0975. The molecule has 2 heterocycles. The second-order valence-electron chi connectivity index (χ2n) is 8.08. The van der Waals surface area contributed by atoms with E-state index in [0.29, 0.717) is 13.0 Å². The van der Waals surface area contributed by atoms with Crippen LogP contribution in [-0.4, -0.2) is 22.0 Å². The molecule has 4 aromatic rings. The number of aromatic nitrogens is 2. The maximum absolute atomic E-state index is 12.8. The van der Waals surface area contributed by atoms with E-state index < -0.39 is 0 Å². The van der Waals surface area contributed by atoms with E-state index in [1.807, 2.05) is 35.2 Å². The number of hydrogen-bond donors (Lipinski definition) is 0. The van der Waals surface area contributed by atoms with Crippen LogP contribution in [0.25, 0.3) is 11.0 Å². The molecule has 0 aliphatic carbocycles. The van der Waals surface area contributed by atoms with Gasteiger partial charge in [0.2, 0.25) is 5.91 Å². The number of amides is 1. The van der Waals surface area contributed by atoms with Crippen LogP contribution < -0.4 is 4.90 Å². The average molecular weight is 474 g/mol. The molecule has 31 heavy (non-hydrogen) atoms. The van der Waals surface area contributed by atoms with Crippen LogP contribution in [0.1, 0.15) is 30.1 Å². The monoisotopic (exact) mass is 473 g/mol. The van der Waals surface area contributed by atoms with Crippen LogP contribution in [0, 0.1) is 0 Å². The number of benzene rings is 3. The number of aryl methyl sites for hydroxylation is 2. The summed E-state index contributed by atoms with van der Waals surface area (Å²) < 4.78 is 3.35. The van der Waals surface area contributed by atoms with Crippen molar-refractivity contribution in [2.75, 3.05) is 11.4 Å². The highest BCUT2D eigenvalue weighted by molar-refractivity contribution is 9.10. The zero-order valence-electron chi connectivity index (χ0n) is 17.2. The van der Waals surface area contributed by atoms with Crippen LogP contribution in [0.2, 0.25) is 0 Å². The molecule has 1 amide bonds. The molecule has 1 atom stereocenters. The van der Waals surface area contributed by atoms with Crippen molar-refractivity contribution >= 4 is 38.6 Å². The molecule has 156 valence electrons. The summed E-state index contributed by atoms with van der Waals surface area (Å²) in [6, 6.07) is 26.8. The Kier molecular flexibility index (Phi) is 5.60. The molecule has 5 heteroatoms. The largest absolute Gasteiger partial charge is 0.328 e. The van der Waals surface area contributed by atoms with E-state index in [1.165, 1.54) is 5.56 Å². The van der Waals surface area contributed by atoms with Crippen molar-refractivity contribution in [3.05, 3.63) is 94.7 Å². The maximum atomic E-state index is 12.8. The van der Waals surface area contributed by atoms with Gasteiger partial charge in [-0.3, -0.25) is 4.79 Å². The summed E-state index contributed by atoms with van der Waals surface area (Å²) in [5.41, 5.74) is 4.46. The van der Waals surface area contributed by atoms with Crippen molar-refractivity contribution in [2.24, 2.45) is 0 Å². The van der Waals surface area contributed by atoms with Gasteiger partial charge in [0.15, 0.2) is 0 Å². The van der Waals surface area contributed by atoms with Gasteiger partial charge in [-0.25, -0.2) is 4.98 Å². The van der Waals surface area contributed by atoms with Gasteiger partial charge in [-0.05, 0) is 54.8 Å². The van der Waals surface area contributed by atoms with Gasteiger partial charge < -0.3 is 9.47 Å². The average Bonchev–Trinajstić information content (AvgIpc) is 3.36. The van der Waals surface area contributed by atoms with Gasteiger partial charge in [0.1, 0.15) is 5.82 Å². The molecule has 0 saturated carbocycles. The number of fused-ring (bicyclic) bond motifs is 1. The quantitative estimate of drug-likeness (QED) is 0.346. The van der Waals surface area contributed by atoms with Crippen molar-refractivity contribution in [3.63, 3.8) is 0 Å². The van der Waals surface area contributed by atoms with Gasteiger partial charge in [0.25, 0.3) is 0 Å². The number of carbonyl (C=O) groups is 1. The van der Waals surface area contributed by atoms with E-state index in [1.54, 1.807) is 0 Å². The lowest BCUT2D eigenvalue weighted by Gasteiger charge is -2.17. The first kappa shape index (κ1) is 20.0. The second-order valence-corrected chi connectivity index (χ2v) is 9.00. The Morgan fingerprint density at radius 1 is 0.935 bits per heavy atom. The third-order valence-corrected chi connectivity index (χ3v) is 6.53. The zero-order chi connectivity index (χ0) is 21.2. The summed E-state index contributed by atoms with van der Waals surface area (Å²) in [7, 11) is 0. The Bertz CT molecular complexity index is 1200. The third-order valence-electron chi connectivity index (χ3n) is 6.00. The van der Waals surface area contributed by atoms with E-state index in [4.69, 9.17) is 4.98 Å². The number of halogens is 1. The van der Waals surface area contributed by atoms with Crippen LogP contribution in [0.5, 0.6) is 0 Å². The fraction of sp³-hybridized carbons (Fsp3) is 0.231. The molecule has 0 N–H and O–H groups in total. The second kappa shape index (κ2) is 8.67. The lowest BCUT2D eigenvalue weighted by molar-refractivity contribution is -0.117. The summed E-state index contributed by atoms with van der Waals surface area (Å²) in [5.74, 6) is 1.29. The molecule has 0 radical (unpaired) electrons. The first-order valence-electron chi connectivity index (χ1n) is 10.7. The first-order chi connectivity index (χ1) is 15.2. The highest BCUT2D eigenvalue weighted by Gasteiger charge is 2.34. The highest BCUT2D eigenvalue weighted by atomic mass is 79.9. The van der Waals surface area contributed by atoms with Crippen molar-refractivity contribution in [1.29, 1.82) is 0 Å². The minimum Gasteiger partial charge on any atom is -0.328 e. The molecular weight excluding hydrogens is 450 g/mol. The standard InChI is InChI=1S/C26H24BrN3O/c27-21-12-14-22(15-13-21)30-18-20(17-25(30)31)26-28-23-10-4-5-11-24(23)29(26)16-6-9-19-7-2-1-3-8-19/h1-5,7-8,10-15,20H,6,9,16-18H2. The molecule has 1 unspecified atom stereocenters. The van der Waals surface area contributed by atoms with Gasteiger partial charge in [-0.15, -0.1) is 0 Å². The number of carbonyl (C=O) groups excluding carboxylic acids is 1. The van der Waals surface area contributed by atoms with Crippen LogP contribution in [0.3, 0.4) is 0 Å². The SMILES string of the molecule is O=C1CC(c2nc3ccccc3n2CCCc2ccccc2)CN1c1ccc(Br)cc1. The first-order valence-corrected chi connectivity index (χ1v) is 11.5. The van der Waals surface area contributed by atoms with Crippen molar-refractivity contribution in [2.45, 2.75) is 31.7 Å². The molecule has 1 fully saturated rings. The fourth-order valence-corrected chi connectivity index (χ4v) is 4.74. The van der Waals surface area contributed by atoms with E-state index in [9.17, 15) is 4.79 Å². The number of nitrogens with zero attached hydrogens (tertiary/aromatic N) is 3. The number of para-hydroxylation sites is 2. The Morgan fingerprint density at radius 3 is 2.48 bits per heavy atom. The Labute approximate surface area is 190 Å². The molecular formula is C26H24BrN3O. The lowest BCUT2D eigenvalue weighted by Crippen LogP contribution is -2.24. The van der Waals surface area contributed by atoms with E-state index in [0.717, 1.165) is 46.4 Å². The molecule has 1 aromatic heterocycles. The third kappa shape index (κ3) is 4.15. The van der Waals surface area contributed by atoms with E-state index in [-0.39, 0.29) is 11.8 Å². The summed E-state index contributed by atoms with van der Waals surface area (Å²) in [6.07, 6.45) is 2.56. The Hall–Kier alpha value is -2.92. The molecule has 1 saturated heterocycles. The Balaban J connectivity index is 1.40. The predicted octanol–water partition coefficient (Wildman–Crippen LogP) is 5.95. The molecule has 4 nitrogen and oxygen atoms in total. The molecule has 1 aliphatic heterocycles. The summed E-state index contributed by atoms with van der Waals surface area (Å²) in [6.45, 7) is 1.57. The smallest absolute Gasteiger partial charge is 0.227 e. The maximum Gasteiger partial charge on any atom is 0.227 e. The van der Waals surface area contributed by atoms with Gasteiger partial charge in [-0.2, -0.15) is 0 Å². The predicted molar refractivity (Wildman–Crippen MR) is 128 cm³/mol. The van der Waals surface area contributed by atoms with Crippen LogP contribution in [-0.2, 0) is 17.8 Å². The minimum absolute atomic E-state index is 0.0975. The van der Waals surface area contributed by atoms with Crippen molar-refractivity contribution in [3.8, 4) is 0 Å². The summed E-state index contributed by atoms with van der Waals surface area (Å²) >= 11 is 3.47. The topological polar surface area (TPSA) is 38.1 Å². The van der Waals surface area contributed by atoms with Crippen molar-refractivity contribution < 1.29 is 4.79 Å². The van der Waals surface area contributed by atoms with Crippen LogP contribution in [0.4, 0.5) is 5.69 Å². The molecule has 0 bridgehead atoms. The molecule has 0 spiro atoms. The zero-order valence-corrected chi connectivity index (χ0v) is 18.8. The number of anilines is 1. The van der Waals surface area contributed by atoms with Gasteiger partial charge in [0.05, 0.1) is 11.0 Å². The van der Waals surface area contributed by atoms with E-state index in [2.05, 4.69) is 69.0 Å². The van der Waals surface area contributed by atoms with Crippen LogP contribution >= 0.6 is 15.9 Å². The van der Waals surface area contributed by atoms with Gasteiger partial charge in [0, 0.05) is 35.6 Å². The highest BCUT2D eigenvalue weighted by Crippen LogP contribution is 2.33. The fourth-order valence-electron chi connectivity index (χ4n) is 4.48. The van der Waals surface area contributed by atoms with Crippen molar-refractivity contribution in [1.82, 2.24) is 9.55 Å². The van der Waals surface area contributed by atoms with Crippen LogP contribution in [0.15, 0.2) is 83.3 Å². The normalized spacial score (nSPS) is 16.4. The number of hydrogen-bond acceptors (Lipinski definition) is 2. The number of rotatable bonds is 6. The Morgan fingerprint density at radius 2 is 1.68 bits per heavy atom. The molecule has 1 aliphatic rings.